The number of anilines is 1. The van der Waals surface area contributed by atoms with Crippen LogP contribution < -0.4 is 5.32 Å². The van der Waals surface area contributed by atoms with Crippen molar-refractivity contribution in [2.75, 3.05) is 5.32 Å². The van der Waals surface area contributed by atoms with Crippen LogP contribution in [0.25, 0.3) is 0 Å². The van der Waals surface area contributed by atoms with Crippen LogP contribution >= 0.6 is 28.1 Å². The van der Waals surface area contributed by atoms with Gasteiger partial charge in [0.25, 0.3) is 0 Å². The lowest BCUT2D eigenvalue weighted by Gasteiger charge is -2.11. The van der Waals surface area contributed by atoms with E-state index in [1.807, 2.05) is 25.1 Å². The number of benzodiazepines with no additional fused rings is 1. The lowest BCUT2D eigenvalue weighted by molar-refractivity contribution is 0.625. The summed E-state index contributed by atoms with van der Waals surface area (Å²) in [4.78, 5) is 5.25. The van der Waals surface area contributed by atoms with Gasteiger partial charge in [0.1, 0.15) is 10.8 Å². The highest BCUT2D eigenvalue weighted by atomic mass is 79.9. The molecule has 21 heavy (non-hydrogen) atoms. The van der Waals surface area contributed by atoms with E-state index in [1.54, 1.807) is 18.2 Å². The quantitative estimate of drug-likeness (QED) is 0.751. The van der Waals surface area contributed by atoms with Crippen molar-refractivity contribution in [1.82, 2.24) is 0 Å². The van der Waals surface area contributed by atoms with Crippen LogP contribution in [0.2, 0.25) is 0 Å². The molecule has 0 fully saturated rings. The number of nitrogens with zero attached hydrogens (tertiary/aromatic N) is 1. The smallest absolute Gasteiger partial charge is 0.132 e. The molecule has 0 spiro atoms. The molecule has 0 saturated carbocycles. The Morgan fingerprint density at radius 3 is 2.71 bits per heavy atom. The van der Waals surface area contributed by atoms with E-state index < -0.39 is 0 Å². The third-order valence-electron chi connectivity index (χ3n) is 3.33. The van der Waals surface area contributed by atoms with Crippen molar-refractivity contribution in [2.45, 2.75) is 13.0 Å². The Hall–Kier alpha value is -1.59. The first-order chi connectivity index (χ1) is 10.1. The molecule has 1 unspecified atom stereocenters. The van der Waals surface area contributed by atoms with Crippen molar-refractivity contribution in [3.63, 3.8) is 0 Å². The molecular formula is C16H12BrFN2S. The highest BCUT2D eigenvalue weighted by Crippen LogP contribution is 2.28. The normalized spacial score (nSPS) is 17.6. The molecule has 1 heterocycles. The fraction of sp³-hybridized carbons (Fsp3) is 0.125. The van der Waals surface area contributed by atoms with Gasteiger partial charge in [-0.3, -0.25) is 4.99 Å². The second kappa shape index (κ2) is 5.66. The van der Waals surface area contributed by atoms with E-state index in [-0.39, 0.29) is 11.9 Å². The molecule has 0 amide bonds. The first-order valence-corrected chi connectivity index (χ1v) is 7.70. The zero-order chi connectivity index (χ0) is 15.0. The van der Waals surface area contributed by atoms with Gasteiger partial charge in [0.15, 0.2) is 0 Å². The van der Waals surface area contributed by atoms with E-state index in [1.165, 1.54) is 6.07 Å². The molecule has 0 aromatic heterocycles. The number of thiocarbonyl (C=S) groups is 1. The molecule has 2 aromatic carbocycles. The van der Waals surface area contributed by atoms with Crippen molar-refractivity contribution in [3.05, 3.63) is 63.9 Å². The summed E-state index contributed by atoms with van der Waals surface area (Å²) in [6.45, 7) is 1.90. The second-order valence-electron chi connectivity index (χ2n) is 4.81. The Kier molecular flexibility index (Phi) is 3.87. The molecule has 0 saturated heterocycles. The second-order valence-corrected chi connectivity index (χ2v) is 6.17. The predicted octanol–water partition coefficient (Wildman–Crippen LogP) is 4.57. The van der Waals surface area contributed by atoms with Crippen LogP contribution in [0, 0.1) is 5.82 Å². The van der Waals surface area contributed by atoms with Crippen molar-refractivity contribution in [3.8, 4) is 0 Å². The molecule has 1 N–H and O–H groups in total. The topological polar surface area (TPSA) is 24.4 Å². The molecule has 1 atom stereocenters. The first kappa shape index (κ1) is 14.4. The number of fused-ring (bicyclic) bond motifs is 1. The molecule has 2 aromatic rings. The standard InChI is InChI=1S/C16H12BrFN2S/c1-9-16(21)20-14-7-6-10(17)8-12(14)15(19-9)11-4-2-3-5-13(11)18/h2-9H,1H3,(H,20,21). The molecule has 0 radical (unpaired) electrons. The van der Waals surface area contributed by atoms with Crippen molar-refractivity contribution in [2.24, 2.45) is 4.99 Å². The van der Waals surface area contributed by atoms with E-state index in [9.17, 15) is 4.39 Å². The summed E-state index contributed by atoms with van der Waals surface area (Å²) in [6.07, 6.45) is 0. The van der Waals surface area contributed by atoms with Crippen LogP contribution in [0.1, 0.15) is 18.1 Å². The van der Waals surface area contributed by atoms with E-state index in [0.29, 0.717) is 16.3 Å². The van der Waals surface area contributed by atoms with Crippen LogP contribution in [0.3, 0.4) is 0 Å². The Morgan fingerprint density at radius 1 is 1.19 bits per heavy atom. The largest absolute Gasteiger partial charge is 0.348 e. The maximum absolute atomic E-state index is 14.2. The Balaban J connectivity index is 2.27. The number of benzene rings is 2. The molecular weight excluding hydrogens is 351 g/mol. The van der Waals surface area contributed by atoms with Gasteiger partial charge in [-0.25, -0.2) is 4.39 Å². The summed E-state index contributed by atoms with van der Waals surface area (Å²) in [5, 5.41) is 3.19. The van der Waals surface area contributed by atoms with Gasteiger partial charge in [-0.1, -0.05) is 40.3 Å². The van der Waals surface area contributed by atoms with E-state index in [2.05, 4.69) is 26.2 Å². The predicted molar refractivity (Wildman–Crippen MR) is 91.9 cm³/mol. The average molecular weight is 363 g/mol. The van der Waals surface area contributed by atoms with Crippen molar-refractivity contribution < 1.29 is 4.39 Å². The molecule has 5 heteroatoms. The zero-order valence-corrected chi connectivity index (χ0v) is 13.6. The molecule has 106 valence electrons. The summed E-state index contributed by atoms with van der Waals surface area (Å²) >= 11 is 8.79. The lowest BCUT2D eigenvalue weighted by atomic mass is 10.00. The molecule has 0 bridgehead atoms. The number of hydrogen-bond donors (Lipinski definition) is 1. The summed E-state index contributed by atoms with van der Waals surface area (Å²) < 4.78 is 15.1. The highest BCUT2D eigenvalue weighted by Gasteiger charge is 2.22. The Labute approximate surface area is 136 Å². The third-order valence-corrected chi connectivity index (χ3v) is 4.26. The van der Waals surface area contributed by atoms with Crippen molar-refractivity contribution >= 4 is 44.5 Å². The average Bonchev–Trinajstić information content (AvgIpc) is 2.58. The fourth-order valence-electron chi connectivity index (χ4n) is 2.25. The summed E-state index contributed by atoms with van der Waals surface area (Å²) in [6, 6.07) is 12.2. The maximum atomic E-state index is 14.2. The van der Waals surface area contributed by atoms with Gasteiger partial charge in [-0.2, -0.15) is 0 Å². The van der Waals surface area contributed by atoms with Gasteiger partial charge in [0.05, 0.1) is 11.8 Å². The minimum Gasteiger partial charge on any atom is -0.348 e. The van der Waals surface area contributed by atoms with Gasteiger partial charge < -0.3 is 5.32 Å². The van der Waals surface area contributed by atoms with Gasteiger partial charge in [0, 0.05) is 21.3 Å². The SMILES string of the molecule is CC1N=C(c2ccccc2F)c2cc(Br)ccc2NC1=S. The number of aliphatic imine (C=N–C) groups is 1. The summed E-state index contributed by atoms with van der Waals surface area (Å²) in [5.41, 5.74) is 2.77. The van der Waals surface area contributed by atoms with E-state index in [0.717, 1.165) is 15.7 Å². The fourth-order valence-corrected chi connectivity index (χ4v) is 2.77. The van der Waals surface area contributed by atoms with Gasteiger partial charge in [0.2, 0.25) is 0 Å². The van der Waals surface area contributed by atoms with Crippen LogP contribution in [-0.2, 0) is 0 Å². The van der Waals surface area contributed by atoms with Crippen LogP contribution in [-0.4, -0.2) is 16.7 Å². The number of nitrogens with one attached hydrogen (secondary N) is 1. The first-order valence-electron chi connectivity index (χ1n) is 6.50. The van der Waals surface area contributed by atoms with Gasteiger partial charge in [-0.05, 0) is 37.3 Å². The van der Waals surface area contributed by atoms with Crippen LogP contribution in [0.15, 0.2) is 51.9 Å². The zero-order valence-electron chi connectivity index (χ0n) is 11.2. The molecule has 1 aliphatic rings. The molecule has 1 aliphatic heterocycles. The minimum absolute atomic E-state index is 0.208. The van der Waals surface area contributed by atoms with E-state index in [4.69, 9.17) is 12.2 Å². The molecule has 0 aliphatic carbocycles. The summed E-state index contributed by atoms with van der Waals surface area (Å²) in [7, 11) is 0. The van der Waals surface area contributed by atoms with Crippen LogP contribution in [0.5, 0.6) is 0 Å². The number of hydrogen-bond acceptors (Lipinski definition) is 2. The Morgan fingerprint density at radius 2 is 1.95 bits per heavy atom. The Bertz CT molecular complexity index is 758. The van der Waals surface area contributed by atoms with Crippen LogP contribution in [0.4, 0.5) is 10.1 Å². The van der Waals surface area contributed by atoms with Gasteiger partial charge in [-0.15, -0.1) is 0 Å². The molecule has 2 nitrogen and oxygen atoms in total. The minimum atomic E-state index is -0.290. The molecule has 3 rings (SSSR count). The van der Waals surface area contributed by atoms with Gasteiger partial charge >= 0.3 is 0 Å². The highest BCUT2D eigenvalue weighted by molar-refractivity contribution is 9.10. The number of halogens is 2. The lowest BCUT2D eigenvalue weighted by Crippen LogP contribution is -2.20. The summed E-state index contributed by atoms with van der Waals surface area (Å²) in [5.74, 6) is -0.290. The number of rotatable bonds is 1. The van der Waals surface area contributed by atoms with E-state index >= 15 is 0 Å². The monoisotopic (exact) mass is 362 g/mol. The third kappa shape index (κ3) is 2.76. The maximum Gasteiger partial charge on any atom is 0.132 e. The van der Waals surface area contributed by atoms with Crippen molar-refractivity contribution in [1.29, 1.82) is 0 Å².